The number of anilines is 1. The first-order valence-corrected chi connectivity index (χ1v) is 7.87. The zero-order valence-corrected chi connectivity index (χ0v) is 13.4. The van der Waals surface area contributed by atoms with Crippen LogP contribution in [0.5, 0.6) is 5.88 Å². The van der Waals surface area contributed by atoms with E-state index in [1.54, 1.807) is 17.5 Å². The van der Waals surface area contributed by atoms with Crippen LogP contribution in [0.4, 0.5) is 5.82 Å². The minimum atomic E-state index is 0.381. The zero-order valence-electron chi connectivity index (χ0n) is 12.5. The lowest BCUT2D eigenvalue weighted by Gasteiger charge is -2.09. The van der Waals surface area contributed by atoms with Crippen molar-refractivity contribution >= 4 is 17.2 Å². The molecule has 0 aliphatic heterocycles. The van der Waals surface area contributed by atoms with Crippen LogP contribution in [0.1, 0.15) is 16.0 Å². The van der Waals surface area contributed by atoms with Crippen molar-refractivity contribution in [3.63, 3.8) is 0 Å². The third kappa shape index (κ3) is 3.09. The Hall–Kier alpha value is -2.40. The Morgan fingerprint density at radius 1 is 1.18 bits per heavy atom. The fourth-order valence-electron chi connectivity index (χ4n) is 2.11. The van der Waals surface area contributed by atoms with Crippen LogP contribution in [0.2, 0.25) is 0 Å². The minimum absolute atomic E-state index is 0.381. The molecule has 2 N–H and O–H groups in total. The zero-order chi connectivity index (χ0) is 15.5. The highest BCUT2D eigenvalue weighted by Crippen LogP contribution is 2.26. The van der Waals surface area contributed by atoms with Gasteiger partial charge in [-0.25, -0.2) is 4.98 Å². The number of hydrogen-bond acceptors (Lipinski definition) is 5. The van der Waals surface area contributed by atoms with Crippen LogP contribution < -0.4 is 10.5 Å². The number of hydrogen-bond donors (Lipinski definition) is 1. The lowest BCUT2D eigenvalue weighted by atomic mass is 10.0. The molecule has 0 spiro atoms. The summed E-state index contributed by atoms with van der Waals surface area (Å²) in [5.41, 5.74) is 10.1. The second-order valence-corrected chi connectivity index (χ2v) is 6.14. The number of nitrogens with zero attached hydrogens (tertiary/aromatic N) is 2. The van der Waals surface area contributed by atoms with Crippen LogP contribution in [-0.4, -0.2) is 9.97 Å². The van der Waals surface area contributed by atoms with E-state index in [9.17, 15) is 0 Å². The first-order chi connectivity index (χ1) is 10.6. The maximum Gasteiger partial charge on any atom is 0.234 e. The molecule has 3 aromatic rings. The van der Waals surface area contributed by atoms with Gasteiger partial charge in [-0.15, -0.1) is 11.3 Å². The van der Waals surface area contributed by atoms with Crippen molar-refractivity contribution in [2.45, 2.75) is 20.5 Å². The van der Waals surface area contributed by atoms with Crippen molar-refractivity contribution in [3.05, 3.63) is 57.9 Å². The van der Waals surface area contributed by atoms with Crippen molar-refractivity contribution in [1.82, 2.24) is 9.97 Å². The molecule has 4 nitrogen and oxygen atoms in total. The summed E-state index contributed by atoms with van der Waals surface area (Å²) in [5, 5.41) is 2.02. The van der Waals surface area contributed by atoms with Gasteiger partial charge in [0.1, 0.15) is 12.3 Å². The number of aromatic nitrogens is 2. The van der Waals surface area contributed by atoms with E-state index in [4.69, 9.17) is 10.5 Å². The van der Waals surface area contributed by atoms with Crippen LogP contribution >= 0.6 is 11.3 Å². The van der Waals surface area contributed by atoms with E-state index >= 15 is 0 Å². The third-order valence-electron chi connectivity index (χ3n) is 3.50. The quantitative estimate of drug-likeness (QED) is 0.791. The summed E-state index contributed by atoms with van der Waals surface area (Å²) in [5.74, 6) is 0.824. The van der Waals surface area contributed by atoms with Gasteiger partial charge in [0.2, 0.25) is 5.88 Å². The first kappa shape index (κ1) is 14.5. The van der Waals surface area contributed by atoms with Crippen LogP contribution in [0.25, 0.3) is 11.3 Å². The smallest absolute Gasteiger partial charge is 0.234 e. The molecule has 5 heteroatoms. The molecule has 0 amide bonds. The second kappa shape index (κ2) is 6.15. The molecular formula is C17H17N3OS. The van der Waals surface area contributed by atoms with Crippen molar-refractivity contribution in [3.8, 4) is 17.1 Å². The lowest BCUT2D eigenvalue weighted by Crippen LogP contribution is -2.02. The fraction of sp³-hybridized carbons (Fsp3) is 0.176. The molecule has 112 valence electrons. The molecule has 0 bridgehead atoms. The van der Waals surface area contributed by atoms with Crippen LogP contribution in [-0.2, 0) is 6.61 Å². The monoisotopic (exact) mass is 311 g/mol. The Kier molecular flexibility index (Phi) is 4.06. The van der Waals surface area contributed by atoms with Crippen molar-refractivity contribution < 1.29 is 4.74 Å². The Morgan fingerprint density at radius 3 is 2.73 bits per heavy atom. The van der Waals surface area contributed by atoms with Gasteiger partial charge in [-0.2, -0.15) is 4.98 Å². The van der Waals surface area contributed by atoms with E-state index in [1.165, 1.54) is 11.1 Å². The van der Waals surface area contributed by atoms with Gasteiger partial charge in [0, 0.05) is 10.4 Å². The Morgan fingerprint density at radius 2 is 2.05 bits per heavy atom. The van der Waals surface area contributed by atoms with E-state index in [0.717, 1.165) is 10.4 Å². The predicted octanol–water partition coefficient (Wildman–Crippen LogP) is 3.98. The normalized spacial score (nSPS) is 10.6. The van der Waals surface area contributed by atoms with Gasteiger partial charge in [0.25, 0.3) is 0 Å². The Labute approximate surface area is 133 Å². The molecule has 0 unspecified atom stereocenters. The standard InChI is InChI=1S/C17H17N3OS/c1-11-5-6-13(8-12(11)2)16-17(18)20-15(9-19-16)21-10-14-4-3-7-22-14/h3-9H,10H2,1-2H3,(H2,18,20). The van der Waals surface area contributed by atoms with Crippen LogP contribution in [0.3, 0.4) is 0 Å². The van der Waals surface area contributed by atoms with Gasteiger partial charge in [-0.3, -0.25) is 0 Å². The molecule has 2 aromatic heterocycles. The SMILES string of the molecule is Cc1ccc(-c2ncc(OCc3cccs3)nc2N)cc1C. The lowest BCUT2D eigenvalue weighted by molar-refractivity contribution is 0.296. The van der Waals surface area contributed by atoms with Gasteiger partial charge in [0.15, 0.2) is 5.82 Å². The summed E-state index contributed by atoms with van der Waals surface area (Å²) >= 11 is 1.64. The summed E-state index contributed by atoms with van der Waals surface area (Å²) in [6.45, 7) is 4.63. The highest BCUT2D eigenvalue weighted by atomic mass is 32.1. The summed E-state index contributed by atoms with van der Waals surface area (Å²) in [6.07, 6.45) is 1.62. The molecular weight excluding hydrogens is 294 g/mol. The highest BCUT2D eigenvalue weighted by Gasteiger charge is 2.09. The van der Waals surface area contributed by atoms with Gasteiger partial charge >= 0.3 is 0 Å². The summed E-state index contributed by atoms with van der Waals surface area (Å²) in [7, 11) is 0. The molecule has 3 rings (SSSR count). The predicted molar refractivity (Wildman–Crippen MR) is 90.0 cm³/mol. The number of nitrogens with two attached hydrogens (primary N) is 1. The van der Waals surface area contributed by atoms with Gasteiger partial charge in [-0.1, -0.05) is 18.2 Å². The maximum atomic E-state index is 6.04. The summed E-state index contributed by atoms with van der Waals surface area (Å²) in [4.78, 5) is 9.85. The number of rotatable bonds is 4. The molecule has 0 fully saturated rings. The summed E-state index contributed by atoms with van der Waals surface area (Å²) in [6, 6.07) is 10.2. The minimum Gasteiger partial charge on any atom is -0.471 e. The second-order valence-electron chi connectivity index (χ2n) is 5.11. The molecule has 1 aromatic carbocycles. The van der Waals surface area contributed by atoms with E-state index < -0.39 is 0 Å². The van der Waals surface area contributed by atoms with Crippen molar-refractivity contribution in [2.24, 2.45) is 0 Å². The molecule has 0 radical (unpaired) electrons. The Balaban J connectivity index is 1.81. The van der Waals surface area contributed by atoms with Crippen molar-refractivity contribution in [2.75, 3.05) is 5.73 Å². The number of nitrogen functional groups attached to an aromatic ring is 1. The van der Waals surface area contributed by atoms with E-state index in [1.807, 2.05) is 23.6 Å². The average Bonchev–Trinajstić information content (AvgIpc) is 3.02. The number of benzene rings is 1. The molecule has 22 heavy (non-hydrogen) atoms. The molecule has 0 saturated heterocycles. The number of thiophene rings is 1. The molecule has 0 atom stereocenters. The number of aryl methyl sites for hydroxylation is 2. The van der Waals surface area contributed by atoms with Gasteiger partial charge in [0.05, 0.1) is 6.20 Å². The third-order valence-corrected chi connectivity index (χ3v) is 4.35. The maximum absolute atomic E-state index is 6.04. The first-order valence-electron chi connectivity index (χ1n) is 6.99. The fourth-order valence-corrected chi connectivity index (χ4v) is 2.72. The van der Waals surface area contributed by atoms with E-state index in [-0.39, 0.29) is 0 Å². The van der Waals surface area contributed by atoms with Gasteiger partial charge in [-0.05, 0) is 42.5 Å². The number of ether oxygens (including phenoxy) is 1. The topological polar surface area (TPSA) is 61.0 Å². The highest BCUT2D eigenvalue weighted by molar-refractivity contribution is 7.09. The van der Waals surface area contributed by atoms with Crippen LogP contribution in [0.15, 0.2) is 41.9 Å². The molecule has 2 heterocycles. The summed E-state index contributed by atoms with van der Waals surface area (Å²) < 4.78 is 5.62. The van der Waals surface area contributed by atoms with E-state index in [2.05, 4.69) is 35.9 Å². The van der Waals surface area contributed by atoms with E-state index in [0.29, 0.717) is 24.0 Å². The van der Waals surface area contributed by atoms with Gasteiger partial charge < -0.3 is 10.5 Å². The molecule has 0 aliphatic carbocycles. The largest absolute Gasteiger partial charge is 0.471 e. The molecule has 0 aliphatic rings. The van der Waals surface area contributed by atoms with Crippen molar-refractivity contribution in [1.29, 1.82) is 0 Å². The molecule has 0 saturated carbocycles. The van der Waals surface area contributed by atoms with Crippen LogP contribution in [0, 0.1) is 13.8 Å². The Bertz CT molecular complexity index is 785. The average molecular weight is 311 g/mol.